The summed E-state index contributed by atoms with van der Waals surface area (Å²) in [6, 6.07) is 4.91. The molecule has 6 N–H and O–H groups in total. The Labute approximate surface area is 260 Å². The summed E-state index contributed by atoms with van der Waals surface area (Å²) in [5.74, 6) is -3.30. The minimum atomic E-state index is -5.08. The molecule has 1 aliphatic heterocycles. The standard InChI is InChI=1S/C24H32N7O7P.C2HF3O2/c1-14(2)19(25)23(32)30-18(24(33)35-3)8-15-4-6-16(7-5-15)38-39(34)13-36-17(10-37-39)9-31-12-29-20-21(26)27-11-28-22(20)31;3-2(4,5)1(6)7/h4-7,11-12,14,17-19H,8-10,13,25H2,1-3H3,(H,30,32)(H2,26,27,28);(H,6,7)/t17-,18-,19-,39-;/m0./s1. The first-order valence-corrected chi connectivity index (χ1v) is 15.2. The van der Waals surface area contributed by atoms with Crippen LogP contribution in [0.15, 0.2) is 36.9 Å². The van der Waals surface area contributed by atoms with Crippen LogP contribution in [0.4, 0.5) is 19.0 Å². The van der Waals surface area contributed by atoms with Crippen LogP contribution in [0.3, 0.4) is 0 Å². The van der Waals surface area contributed by atoms with Crippen molar-refractivity contribution in [2.75, 3.05) is 25.8 Å². The minimum absolute atomic E-state index is 0.0363. The second-order valence-electron chi connectivity index (χ2n) is 10.2. The Morgan fingerprint density at radius 2 is 1.85 bits per heavy atom. The zero-order chi connectivity index (χ0) is 34.2. The second kappa shape index (κ2) is 15.3. The van der Waals surface area contributed by atoms with Gasteiger partial charge in [0.25, 0.3) is 0 Å². The van der Waals surface area contributed by atoms with Gasteiger partial charge in [0.1, 0.15) is 29.7 Å². The lowest BCUT2D eigenvalue weighted by Crippen LogP contribution is -2.51. The number of rotatable bonds is 10. The van der Waals surface area contributed by atoms with Crippen molar-refractivity contribution in [1.82, 2.24) is 24.8 Å². The summed E-state index contributed by atoms with van der Waals surface area (Å²) in [6.07, 6.45) is -2.62. The van der Waals surface area contributed by atoms with Gasteiger partial charge in [-0.1, -0.05) is 26.0 Å². The monoisotopic (exact) mass is 675 g/mol. The lowest BCUT2D eigenvalue weighted by atomic mass is 10.0. The number of nitrogens with two attached hydrogens (primary N) is 2. The van der Waals surface area contributed by atoms with E-state index in [1.54, 1.807) is 35.2 Å². The number of nitrogens with one attached hydrogen (secondary N) is 1. The first-order chi connectivity index (χ1) is 21.5. The maximum atomic E-state index is 13.1. The summed E-state index contributed by atoms with van der Waals surface area (Å²) in [5, 5.41) is 9.77. The van der Waals surface area contributed by atoms with Crippen molar-refractivity contribution in [3.8, 4) is 5.75 Å². The molecule has 1 amide bonds. The average Bonchev–Trinajstić information content (AvgIpc) is 3.41. The number of esters is 1. The molecule has 0 spiro atoms. The number of hydrogen-bond donors (Lipinski definition) is 4. The number of carbonyl (C=O) groups excluding carboxylic acids is 2. The number of aromatic nitrogens is 4. The number of alkyl halides is 3. The third-order valence-corrected chi connectivity index (χ3v) is 7.93. The maximum absolute atomic E-state index is 13.1. The number of aliphatic carboxylic acids is 1. The summed E-state index contributed by atoms with van der Waals surface area (Å²) in [6.45, 7) is 4.03. The zero-order valence-corrected chi connectivity index (χ0v) is 25.7. The fourth-order valence-corrected chi connectivity index (χ4v) is 5.29. The largest absolute Gasteiger partial charge is 0.490 e. The first kappa shape index (κ1) is 36.2. The van der Waals surface area contributed by atoms with Gasteiger partial charge >= 0.3 is 25.7 Å². The second-order valence-corrected chi connectivity index (χ2v) is 12.2. The number of carboxylic acids is 1. The third-order valence-electron chi connectivity index (χ3n) is 6.43. The van der Waals surface area contributed by atoms with Gasteiger partial charge in [-0.3, -0.25) is 9.32 Å². The van der Waals surface area contributed by atoms with Gasteiger partial charge in [-0.05, 0) is 23.6 Å². The van der Waals surface area contributed by atoms with E-state index in [1.165, 1.54) is 13.4 Å². The lowest BCUT2D eigenvalue weighted by molar-refractivity contribution is -0.192. The van der Waals surface area contributed by atoms with Crippen LogP contribution < -0.4 is 21.3 Å². The van der Waals surface area contributed by atoms with Gasteiger partial charge in [0.2, 0.25) is 5.91 Å². The molecule has 4 rings (SSSR count). The van der Waals surface area contributed by atoms with E-state index in [1.807, 2.05) is 13.8 Å². The van der Waals surface area contributed by atoms with Crippen LogP contribution in [0.2, 0.25) is 0 Å². The summed E-state index contributed by atoms with van der Waals surface area (Å²) >= 11 is 0. The number of carboxylic acid groups (broad SMARTS) is 1. The molecule has 46 heavy (non-hydrogen) atoms. The molecule has 0 saturated carbocycles. The van der Waals surface area contributed by atoms with Crippen LogP contribution in [-0.2, 0) is 45.9 Å². The van der Waals surface area contributed by atoms with Gasteiger partial charge in [0.15, 0.2) is 17.8 Å². The highest BCUT2D eigenvalue weighted by Crippen LogP contribution is 2.51. The molecule has 0 unspecified atom stereocenters. The first-order valence-electron chi connectivity index (χ1n) is 13.5. The highest BCUT2D eigenvalue weighted by atomic mass is 31.2. The van der Waals surface area contributed by atoms with Gasteiger partial charge in [-0.2, -0.15) is 13.2 Å². The molecule has 2 aromatic heterocycles. The fraction of sp³-hybridized carbons (Fsp3) is 0.462. The molecule has 0 radical (unpaired) electrons. The number of carbonyl (C=O) groups is 3. The average molecular weight is 676 g/mol. The Morgan fingerprint density at radius 1 is 1.20 bits per heavy atom. The van der Waals surface area contributed by atoms with Crippen LogP contribution in [0.5, 0.6) is 5.75 Å². The van der Waals surface area contributed by atoms with Gasteiger partial charge in [-0.15, -0.1) is 0 Å². The SMILES string of the molecule is COC(=O)[C@H](Cc1ccc(O[P@]2(=O)CO[C@@H](Cn3cnc4c(N)ncnc43)CO2)cc1)NC(=O)[C@@H](N)C(C)C.O=C(O)C(F)(F)F. The molecule has 1 saturated heterocycles. The predicted molar refractivity (Wildman–Crippen MR) is 154 cm³/mol. The van der Waals surface area contributed by atoms with Crippen molar-refractivity contribution in [1.29, 1.82) is 0 Å². The highest BCUT2D eigenvalue weighted by molar-refractivity contribution is 7.54. The maximum Gasteiger partial charge on any atom is 0.490 e. The Morgan fingerprint density at radius 3 is 2.39 bits per heavy atom. The van der Waals surface area contributed by atoms with Crippen LogP contribution in [0, 0.1) is 5.92 Å². The Balaban J connectivity index is 0.000000738. The van der Waals surface area contributed by atoms with E-state index in [2.05, 4.69) is 20.3 Å². The molecule has 1 aliphatic rings. The molecule has 1 aromatic carbocycles. The number of anilines is 1. The van der Waals surface area contributed by atoms with Crippen LogP contribution in [0.25, 0.3) is 11.2 Å². The molecule has 0 bridgehead atoms. The molecule has 20 heteroatoms. The number of benzene rings is 1. The van der Waals surface area contributed by atoms with Crippen molar-refractivity contribution in [2.24, 2.45) is 11.7 Å². The molecule has 1 fully saturated rings. The minimum Gasteiger partial charge on any atom is -0.475 e. The van der Waals surface area contributed by atoms with Crippen LogP contribution in [-0.4, -0.2) is 86.9 Å². The highest BCUT2D eigenvalue weighted by Gasteiger charge is 2.38. The van der Waals surface area contributed by atoms with Gasteiger partial charge < -0.3 is 40.5 Å². The number of amides is 1. The molecule has 3 heterocycles. The van der Waals surface area contributed by atoms with E-state index in [0.29, 0.717) is 29.0 Å². The molecule has 3 aromatic rings. The number of imidazole rings is 1. The smallest absolute Gasteiger partial charge is 0.475 e. The number of halogens is 3. The van der Waals surface area contributed by atoms with Crippen molar-refractivity contribution in [2.45, 2.75) is 51.2 Å². The summed E-state index contributed by atoms with van der Waals surface area (Å²) in [4.78, 5) is 45.8. The van der Waals surface area contributed by atoms with E-state index < -0.39 is 49.8 Å². The molecule has 252 valence electrons. The molecular weight excluding hydrogens is 642 g/mol. The summed E-state index contributed by atoms with van der Waals surface area (Å²) in [5.41, 5.74) is 13.5. The molecule has 4 atom stereocenters. The summed E-state index contributed by atoms with van der Waals surface area (Å²) < 4.78 is 68.4. The quantitative estimate of drug-likeness (QED) is 0.178. The van der Waals surface area contributed by atoms with Crippen molar-refractivity contribution in [3.63, 3.8) is 0 Å². The number of fused-ring (bicyclic) bond motifs is 1. The van der Waals surface area contributed by atoms with Gasteiger partial charge in [0.05, 0.1) is 32.6 Å². The molecule has 16 nitrogen and oxygen atoms in total. The van der Waals surface area contributed by atoms with E-state index in [4.69, 9.17) is 39.9 Å². The Bertz CT molecular complexity index is 1560. The van der Waals surface area contributed by atoms with E-state index in [9.17, 15) is 27.3 Å². The Hall–Kier alpha value is -4.32. The van der Waals surface area contributed by atoms with Crippen molar-refractivity contribution < 1.29 is 55.7 Å². The van der Waals surface area contributed by atoms with E-state index in [0.717, 1.165) is 0 Å². The topological polar surface area (TPSA) is 233 Å². The number of methoxy groups -OCH3 is 1. The number of ether oxygens (including phenoxy) is 2. The third kappa shape index (κ3) is 9.84. The number of nitrogen functional groups attached to an aromatic ring is 1. The van der Waals surface area contributed by atoms with Crippen molar-refractivity contribution >= 4 is 42.4 Å². The predicted octanol–water partition coefficient (Wildman–Crippen LogP) is 1.87. The lowest BCUT2D eigenvalue weighted by Gasteiger charge is -2.29. The van der Waals surface area contributed by atoms with Crippen LogP contribution >= 0.6 is 7.60 Å². The van der Waals surface area contributed by atoms with E-state index >= 15 is 0 Å². The van der Waals surface area contributed by atoms with Gasteiger partial charge in [0, 0.05) is 6.42 Å². The van der Waals surface area contributed by atoms with Crippen LogP contribution in [0.1, 0.15) is 19.4 Å². The Kier molecular flexibility index (Phi) is 12.0. The summed E-state index contributed by atoms with van der Waals surface area (Å²) in [7, 11) is -2.31. The normalized spacial score (nSPS) is 19.4. The molecular formula is C26H33F3N7O9P. The fourth-order valence-electron chi connectivity index (χ4n) is 3.88. The van der Waals surface area contributed by atoms with Crippen molar-refractivity contribution in [3.05, 3.63) is 42.5 Å². The zero-order valence-electron chi connectivity index (χ0n) is 24.8. The number of hydrogen-bond acceptors (Lipinski definition) is 13. The number of nitrogens with zero attached hydrogens (tertiary/aromatic N) is 4. The van der Waals surface area contributed by atoms with Gasteiger partial charge in [-0.25, -0.2) is 29.1 Å². The molecule has 0 aliphatic carbocycles. The van der Waals surface area contributed by atoms with E-state index in [-0.39, 0.29) is 31.1 Å².